The topological polar surface area (TPSA) is 93.5 Å². The van der Waals surface area contributed by atoms with Gasteiger partial charge in [0.15, 0.2) is 0 Å². The van der Waals surface area contributed by atoms with E-state index in [0.29, 0.717) is 6.42 Å². The second kappa shape index (κ2) is 6.40. The van der Waals surface area contributed by atoms with Crippen LogP contribution in [0.3, 0.4) is 0 Å². The minimum absolute atomic E-state index is 0.109. The van der Waals surface area contributed by atoms with Gasteiger partial charge in [-0.3, -0.25) is 0 Å². The van der Waals surface area contributed by atoms with Crippen LogP contribution in [0.5, 0.6) is 0 Å². The molecule has 1 aromatic heterocycles. The fraction of sp³-hybridized carbons (Fsp3) is 0.615. The Labute approximate surface area is 118 Å². The van der Waals surface area contributed by atoms with E-state index in [1.807, 2.05) is 6.92 Å². The lowest BCUT2D eigenvalue weighted by Gasteiger charge is -2.22. The third-order valence-electron chi connectivity index (χ3n) is 2.49. The maximum atomic E-state index is 11.6. The molecule has 1 unspecified atom stereocenters. The number of imidazole rings is 1. The fourth-order valence-corrected chi connectivity index (χ4v) is 1.65. The lowest BCUT2D eigenvalue weighted by molar-refractivity contribution is -0.139. The molecule has 0 spiro atoms. The number of carboxylic acid groups (broad SMARTS) is 1. The highest BCUT2D eigenvalue weighted by molar-refractivity contribution is 5.79. The number of aromatic nitrogens is 2. The summed E-state index contributed by atoms with van der Waals surface area (Å²) in [5.74, 6) is -0.353. The van der Waals surface area contributed by atoms with E-state index >= 15 is 0 Å². The Morgan fingerprint density at radius 3 is 2.65 bits per heavy atom. The second-order valence-electron chi connectivity index (χ2n) is 5.39. The van der Waals surface area contributed by atoms with Gasteiger partial charge in [0.2, 0.25) is 0 Å². The first-order valence-corrected chi connectivity index (χ1v) is 6.45. The normalized spacial score (nSPS) is 12.8. The number of alkyl carbamates (subject to hydrolysis) is 1. The third-order valence-corrected chi connectivity index (χ3v) is 2.49. The van der Waals surface area contributed by atoms with Crippen LogP contribution in [0.25, 0.3) is 0 Å². The molecule has 7 nitrogen and oxygen atoms in total. The molecule has 0 saturated heterocycles. The molecule has 0 aliphatic carbocycles. The summed E-state index contributed by atoms with van der Waals surface area (Å²) in [5, 5.41) is 11.5. The van der Waals surface area contributed by atoms with Crippen LogP contribution in [0.4, 0.5) is 4.79 Å². The highest BCUT2D eigenvalue weighted by atomic mass is 16.6. The van der Waals surface area contributed by atoms with Gasteiger partial charge in [0, 0.05) is 18.8 Å². The van der Waals surface area contributed by atoms with Crippen LogP contribution >= 0.6 is 0 Å². The van der Waals surface area contributed by atoms with E-state index in [4.69, 9.17) is 4.74 Å². The molecule has 0 fully saturated rings. The van der Waals surface area contributed by atoms with Gasteiger partial charge in [0.25, 0.3) is 0 Å². The van der Waals surface area contributed by atoms with Crippen molar-refractivity contribution in [2.75, 3.05) is 0 Å². The first-order chi connectivity index (χ1) is 9.23. The molecule has 1 aromatic rings. The summed E-state index contributed by atoms with van der Waals surface area (Å²) >= 11 is 0. The van der Waals surface area contributed by atoms with Crippen molar-refractivity contribution in [1.29, 1.82) is 0 Å². The molecule has 1 amide bonds. The first kappa shape index (κ1) is 16.0. The Bertz CT molecular complexity index is 476. The summed E-state index contributed by atoms with van der Waals surface area (Å²) in [6.07, 6.45) is 3.23. The third kappa shape index (κ3) is 4.91. The number of carbonyl (C=O) groups excluding carboxylic acids is 1. The monoisotopic (exact) mass is 283 g/mol. The average molecular weight is 283 g/mol. The summed E-state index contributed by atoms with van der Waals surface area (Å²) < 4.78 is 6.76. The van der Waals surface area contributed by atoms with Crippen LogP contribution in [-0.2, 0) is 22.5 Å². The predicted octanol–water partition coefficient (Wildman–Crippen LogP) is 1.42. The molecule has 0 saturated carbocycles. The number of aliphatic carboxylic acids is 1. The van der Waals surface area contributed by atoms with Crippen LogP contribution in [0, 0.1) is 0 Å². The number of hydrogen-bond donors (Lipinski definition) is 2. The van der Waals surface area contributed by atoms with Crippen molar-refractivity contribution in [3.63, 3.8) is 0 Å². The van der Waals surface area contributed by atoms with E-state index in [-0.39, 0.29) is 6.54 Å². The van der Waals surface area contributed by atoms with Crippen molar-refractivity contribution in [1.82, 2.24) is 14.9 Å². The van der Waals surface area contributed by atoms with Crippen molar-refractivity contribution >= 4 is 12.1 Å². The van der Waals surface area contributed by atoms with E-state index in [9.17, 15) is 14.7 Å². The van der Waals surface area contributed by atoms with Gasteiger partial charge in [-0.1, -0.05) is 6.92 Å². The predicted molar refractivity (Wildman–Crippen MR) is 72.4 cm³/mol. The molecule has 20 heavy (non-hydrogen) atoms. The highest BCUT2D eigenvalue weighted by Crippen LogP contribution is 2.07. The van der Waals surface area contributed by atoms with Gasteiger partial charge in [-0.2, -0.15) is 0 Å². The van der Waals surface area contributed by atoms with Crippen LogP contribution in [0.1, 0.15) is 33.5 Å². The molecule has 0 radical (unpaired) electrons. The van der Waals surface area contributed by atoms with Crippen LogP contribution in [-0.4, -0.2) is 38.4 Å². The number of nitrogens with one attached hydrogen (secondary N) is 1. The maximum absolute atomic E-state index is 11.6. The first-order valence-electron chi connectivity index (χ1n) is 6.45. The van der Waals surface area contributed by atoms with Gasteiger partial charge in [0.1, 0.15) is 17.5 Å². The minimum Gasteiger partial charge on any atom is -0.480 e. The molecule has 0 aromatic carbocycles. The van der Waals surface area contributed by atoms with Crippen molar-refractivity contribution < 1.29 is 19.4 Å². The quantitative estimate of drug-likeness (QED) is 0.852. The number of amides is 1. The lowest BCUT2D eigenvalue weighted by Crippen LogP contribution is -2.45. The zero-order chi connectivity index (χ0) is 15.3. The Balaban J connectivity index is 2.71. The van der Waals surface area contributed by atoms with E-state index < -0.39 is 23.7 Å². The molecular formula is C13H21N3O4. The summed E-state index contributed by atoms with van der Waals surface area (Å²) in [6.45, 7) is 7.18. The molecule has 0 bridgehead atoms. The van der Waals surface area contributed by atoms with Gasteiger partial charge in [-0.15, -0.1) is 0 Å². The van der Waals surface area contributed by atoms with Crippen molar-refractivity contribution in [2.24, 2.45) is 0 Å². The van der Waals surface area contributed by atoms with E-state index in [1.165, 1.54) is 0 Å². The molecule has 2 N–H and O–H groups in total. The Morgan fingerprint density at radius 2 is 2.15 bits per heavy atom. The van der Waals surface area contributed by atoms with E-state index in [1.54, 1.807) is 37.7 Å². The number of carboxylic acids is 1. The van der Waals surface area contributed by atoms with Gasteiger partial charge >= 0.3 is 12.1 Å². The number of hydrogen-bond acceptors (Lipinski definition) is 4. The number of carbonyl (C=O) groups is 2. The molecule has 0 aliphatic heterocycles. The van der Waals surface area contributed by atoms with E-state index in [0.717, 1.165) is 5.82 Å². The standard InChI is InChI=1S/C13H21N3O4/c1-5-10-14-6-7-16(10)8-9(11(17)18)15-12(19)20-13(2,3)4/h6-7,9H,5,8H2,1-4H3,(H,15,19)(H,17,18). The van der Waals surface area contributed by atoms with Crippen LogP contribution in [0.2, 0.25) is 0 Å². The second-order valence-corrected chi connectivity index (χ2v) is 5.39. The molecule has 0 aliphatic rings. The molecule has 1 rings (SSSR count). The Kier molecular flexibility index (Phi) is 5.12. The number of aryl methyl sites for hydroxylation is 1. The zero-order valence-electron chi connectivity index (χ0n) is 12.2. The van der Waals surface area contributed by atoms with Crippen LogP contribution < -0.4 is 5.32 Å². The van der Waals surface area contributed by atoms with Crippen molar-refractivity contribution in [3.05, 3.63) is 18.2 Å². The van der Waals surface area contributed by atoms with Crippen LogP contribution in [0.15, 0.2) is 12.4 Å². The highest BCUT2D eigenvalue weighted by Gasteiger charge is 2.24. The smallest absolute Gasteiger partial charge is 0.408 e. The van der Waals surface area contributed by atoms with Crippen molar-refractivity contribution in [3.8, 4) is 0 Å². The SMILES string of the molecule is CCc1nccn1CC(NC(=O)OC(C)(C)C)C(=O)O. The summed E-state index contributed by atoms with van der Waals surface area (Å²) in [5.41, 5.74) is -0.670. The largest absolute Gasteiger partial charge is 0.480 e. The zero-order valence-corrected chi connectivity index (χ0v) is 12.2. The lowest BCUT2D eigenvalue weighted by atomic mass is 10.2. The van der Waals surface area contributed by atoms with Gasteiger partial charge in [-0.25, -0.2) is 14.6 Å². The Hall–Kier alpha value is -2.05. The number of nitrogens with zero attached hydrogens (tertiary/aromatic N) is 2. The summed E-state index contributed by atoms with van der Waals surface area (Å²) in [6, 6.07) is -1.07. The van der Waals surface area contributed by atoms with Gasteiger partial charge in [0.05, 0.1) is 6.54 Å². The Morgan fingerprint density at radius 1 is 1.50 bits per heavy atom. The maximum Gasteiger partial charge on any atom is 0.408 e. The minimum atomic E-state index is -1.12. The molecular weight excluding hydrogens is 262 g/mol. The molecule has 1 atom stereocenters. The molecule has 112 valence electrons. The summed E-state index contributed by atoms with van der Waals surface area (Å²) in [7, 11) is 0. The number of rotatable bonds is 5. The summed E-state index contributed by atoms with van der Waals surface area (Å²) in [4.78, 5) is 27.0. The average Bonchev–Trinajstić information content (AvgIpc) is 2.72. The van der Waals surface area contributed by atoms with E-state index in [2.05, 4.69) is 10.3 Å². The molecule has 7 heteroatoms. The molecule has 1 heterocycles. The van der Waals surface area contributed by atoms with Gasteiger partial charge < -0.3 is 19.7 Å². The van der Waals surface area contributed by atoms with Crippen molar-refractivity contribution in [2.45, 2.75) is 52.3 Å². The van der Waals surface area contributed by atoms with Gasteiger partial charge in [-0.05, 0) is 20.8 Å². The fourth-order valence-electron chi connectivity index (χ4n) is 1.65. The number of ether oxygens (including phenoxy) is 1.